The first-order valence-corrected chi connectivity index (χ1v) is 9.31. The molecular weight excluding hydrogens is 334 g/mol. The van der Waals surface area contributed by atoms with Gasteiger partial charge in [0.25, 0.3) is 10.0 Å². The maximum atomic E-state index is 12.9. The molecule has 5 heteroatoms. The fourth-order valence-electron chi connectivity index (χ4n) is 2.13. The topological polar surface area (TPSA) is 57.6 Å². The predicted molar refractivity (Wildman–Crippen MR) is 98.9 cm³/mol. The fourth-order valence-corrected chi connectivity index (χ4v) is 3.36. The molecule has 0 aliphatic heterocycles. The number of benzene rings is 2. The molecular formula is C20H21NO3S. The van der Waals surface area contributed by atoms with E-state index in [2.05, 4.69) is 18.5 Å². The van der Waals surface area contributed by atoms with Crippen LogP contribution in [0.1, 0.15) is 17.5 Å². The van der Waals surface area contributed by atoms with Crippen LogP contribution in [0.15, 0.2) is 72.1 Å². The molecule has 0 bridgehead atoms. The van der Waals surface area contributed by atoms with E-state index in [-0.39, 0.29) is 17.9 Å². The van der Waals surface area contributed by atoms with E-state index < -0.39 is 16.1 Å². The lowest BCUT2D eigenvalue weighted by Gasteiger charge is -2.18. The number of hydrogen-bond acceptors (Lipinski definition) is 3. The van der Waals surface area contributed by atoms with Gasteiger partial charge in [0.2, 0.25) is 0 Å². The van der Waals surface area contributed by atoms with Crippen molar-refractivity contribution in [3.05, 3.63) is 78.4 Å². The average Bonchev–Trinajstić information content (AvgIpc) is 2.60. The van der Waals surface area contributed by atoms with Gasteiger partial charge in [-0.2, -0.15) is 0 Å². The number of nitrogens with zero attached hydrogens (tertiary/aromatic N) is 1. The Hall–Kier alpha value is -2.55. The molecule has 25 heavy (non-hydrogen) atoms. The van der Waals surface area contributed by atoms with E-state index >= 15 is 0 Å². The molecule has 2 aromatic carbocycles. The van der Waals surface area contributed by atoms with Crippen molar-refractivity contribution in [2.24, 2.45) is 0 Å². The molecule has 0 fully saturated rings. The fraction of sp³-hybridized carbons (Fsp3) is 0.200. The zero-order valence-electron chi connectivity index (χ0n) is 14.1. The molecule has 2 aromatic rings. The molecule has 0 saturated heterocycles. The third kappa shape index (κ3) is 5.21. The molecule has 0 aliphatic rings. The van der Waals surface area contributed by atoms with E-state index in [0.29, 0.717) is 0 Å². The highest BCUT2D eigenvalue weighted by Crippen LogP contribution is 2.18. The Morgan fingerprint density at radius 2 is 1.80 bits per heavy atom. The van der Waals surface area contributed by atoms with Gasteiger partial charge in [0.1, 0.15) is 6.10 Å². The van der Waals surface area contributed by atoms with Crippen molar-refractivity contribution in [1.29, 1.82) is 0 Å². The quantitative estimate of drug-likeness (QED) is 0.492. The van der Waals surface area contributed by atoms with Gasteiger partial charge in [-0.3, -0.25) is 0 Å². The van der Waals surface area contributed by atoms with Gasteiger partial charge in [-0.15, -0.1) is 6.58 Å². The Morgan fingerprint density at radius 3 is 2.40 bits per heavy atom. The molecule has 0 radical (unpaired) electrons. The molecule has 4 nitrogen and oxygen atoms in total. The Kier molecular flexibility index (Phi) is 6.40. The van der Waals surface area contributed by atoms with E-state index in [0.717, 1.165) is 15.4 Å². The minimum Gasteiger partial charge on any atom is -0.380 e. The van der Waals surface area contributed by atoms with Crippen molar-refractivity contribution in [1.82, 2.24) is 4.31 Å². The smallest absolute Gasteiger partial charge is 0.271 e. The first-order valence-electron chi connectivity index (χ1n) is 7.87. The Bertz CT molecular complexity index is 863. The molecule has 0 saturated carbocycles. The van der Waals surface area contributed by atoms with Gasteiger partial charge in [-0.05, 0) is 30.5 Å². The Morgan fingerprint density at radius 1 is 1.16 bits per heavy atom. The standard InChI is InChI=1S/C20H21NO3S/c1-3-7-19(22)14-15-21(16-18-8-5-4-6-9-18)25(23,24)20-12-10-17(2)11-13-20/h3-6,8-13,19,22H,1,7,16H2,2H3. The van der Waals surface area contributed by atoms with Crippen LogP contribution in [-0.4, -0.2) is 23.9 Å². The largest absolute Gasteiger partial charge is 0.380 e. The summed E-state index contributed by atoms with van der Waals surface area (Å²) in [5.74, 6) is 2.57. The molecule has 0 heterocycles. The van der Waals surface area contributed by atoms with E-state index in [1.165, 1.54) is 6.08 Å². The summed E-state index contributed by atoms with van der Waals surface area (Å²) in [5, 5.41) is 9.77. The Labute approximate surface area is 149 Å². The van der Waals surface area contributed by atoms with Crippen LogP contribution in [0, 0.1) is 18.9 Å². The lowest BCUT2D eigenvalue weighted by molar-refractivity contribution is 0.236. The molecule has 1 N–H and O–H groups in total. The highest BCUT2D eigenvalue weighted by molar-refractivity contribution is 7.89. The lowest BCUT2D eigenvalue weighted by atomic mass is 10.2. The average molecular weight is 355 g/mol. The molecule has 2 rings (SSSR count). The van der Waals surface area contributed by atoms with Crippen LogP contribution >= 0.6 is 0 Å². The van der Waals surface area contributed by atoms with Gasteiger partial charge in [0, 0.05) is 12.5 Å². The predicted octanol–water partition coefficient (Wildman–Crippen LogP) is 3.08. The van der Waals surface area contributed by atoms with Crippen molar-refractivity contribution in [2.75, 3.05) is 0 Å². The van der Waals surface area contributed by atoms with Crippen molar-refractivity contribution < 1.29 is 13.5 Å². The first-order chi connectivity index (χ1) is 11.9. The van der Waals surface area contributed by atoms with Crippen LogP contribution in [0.2, 0.25) is 0 Å². The van der Waals surface area contributed by atoms with Crippen LogP contribution < -0.4 is 0 Å². The van der Waals surface area contributed by atoms with Crippen LogP contribution in [0.25, 0.3) is 0 Å². The number of aliphatic hydroxyl groups excluding tert-OH is 1. The van der Waals surface area contributed by atoms with Crippen molar-refractivity contribution in [2.45, 2.75) is 30.9 Å². The minimum atomic E-state index is -3.80. The molecule has 130 valence electrons. The monoisotopic (exact) mass is 355 g/mol. The van der Waals surface area contributed by atoms with Gasteiger partial charge < -0.3 is 5.11 Å². The number of rotatable bonds is 6. The summed E-state index contributed by atoms with van der Waals surface area (Å²) in [6.07, 6.45) is 0.857. The van der Waals surface area contributed by atoms with Crippen LogP contribution in [-0.2, 0) is 16.6 Å². The molecule has 0 aromatic heterocycles. The summed E-state index contributed by atoms with van der Waals surface area (Å²) in [6, 6.07) is 18.4. The van der Waals surface area contributed by atoms with Crippen LogP contribution in [0.3, 0.4) is 0 Å². The Balaban J connectivity index is 2.38. The van der Waals surface area contributed by atoms with E-state index in [9.17, 15) is 13.5 Å². The highest BCUT2D eigenvalue weighted by atomic mass is 32.2. The summed E-state index contributed by atoms with van der Waals surface area (Å²) < 4.78 is 26.9. The normalized spacial score (nSPS) is 11.9. The highest BCUT2D eigenvalue weighted by Gasteiger charge is 2.22. The van der Waals surface area contributed by atoms with Gasteiger partial charge >= 0.3 is 0 Å². The third-order valence-corrected chi connectivity index (χ3v) is 5.19. The second-order valence-corrected chi connectivity index (χ2v) is 7.47. The van der Waals surface area contributed by atoms with Crippen molar-refractivity contribution in [3.8, 4) is 12.0 Å². The number of aliphatic hydroxyl groups is 1. The van der Waals surface area contributed by atoms with E-state index in [1.54, 1.807) is 24.3 Å². The maximum absolute atomic E-state index is 12.9. The lowest BCUT2D eigenvalue weighted by Crippen LogP contribution is -2.26. The van der Waals surface area contributed by atoms with Crippen molar-refractivity contribution >= 4 is 10.0 Å². The maximum Gasteiger partial charge on any atom is 0.271 e. The molecule has 0 aliphatic carbocycles. The number of aryl methyl sites for hydroxylation is 1. The molecule has 0 spiro atoms. The van der Waals surface area contributed by atoms with Gasteiger partial charge in [-0.25, -0.2) is 12.7 Å². The second-order valence-electron chi connectivity index (χ2n) is 5.61. The molecule has 1 atom stereocenters. The molecule has 0 amide bonds. The summed E-state index contributed by atoms with van der Waals surface area (Å²) >= 11 is 0. The van der Waals surface area contributed by atoms with Crippen LogP contribution in [0.4, 0.5) is 0 Å². The van der Waals surface area contributed by atoms with Crippen LogP contribution in [0.5, 0.6) is 0 Å². The summed E-state index contributed by atoms with van der Waals surface area (Å²) in [7, 11) is -3.80. The SMILES string of the molecule is C=CCC(O)C#CN(Cc1ccccc1)S(=O)(=O)c1ccc(C)cc1. The summed E-state index contributed by atoms with van der Waals surface area (Å²) in [6.45, 7) is 5.53. The van der Waals surface area contributed by atoms with E-state index in [4.69, 9.17) is 0 Å². The molecule has 1 unspecified atom stereocenters. The van der Waals surface area contributed by atoms with Crippen molar-refractivity contribution in [3.63, 3.8) is 0 Å². The summed E-state index contributed by atoms with van der Waals surface area (Å²) in [4.78, 5) is 0.168. The van der Waals surface area contributed by atoms with Gasteiger partial charge in [0.05, 0.1) is 11.4 Å². The number of sulfonamides is 1. The van der Waals surface area contributed by atoms with Gasteiger partial charge in [-0.1, -0.05) is 54.1 Å². The summed E-state index contributed by atoms with van der Waals surface area (Å²) in [5.41, 5.74) is 1.78. The van der Waals surface area contributed by atoms with E-state index in [1.807, 2.05) is 37.3 Å². The van der Waals surface area contributed by atoms with Gasteiger partial charge in [0.15, 0.2) is 0 Å². The zero-order chi connectivity index (χ0) is 18.3. The zero-order valence-corrected chi connectivity index (χ0v) is 14.9. The second kappa shape index (κ2) is 8.52. The third-order valence-electron chi connectivity index (χ3n) is 3.52. The minimum absolute atomic E-state index is 0.102. The first kappa shape index (κ1) is 18.8. The number of hydrogen-bond donors (Lipinski definition) is 1.